The number of rotatable bonds is 0. The summed E-state index contributed by atoms with van der Waals surface area (Å²) in [7, 11) is 0. The molecule has 0 atom stereocenters. The first-order valence-electron chi connectivity index (χ1n) is 0. The van der Waals surface area contributed by atoms with Crippen molar-refractivity contribution in [2.75, 3.05) is 0 Å². The summed E-state index contributed by atoms with van der Waals surface area (Å²) in [6.45, 7) is 0. The Morgan fingerprint density at radius 2 is 1.00 bits per heavy atom. The van der Waals surface area contributed by atoms with Crippen LogP contribution in [0.4, 0.5) is 0 Å². The maximum atomic E-state index is 0. The van der Waals surface area contributed by atoms with E-state index in [2.05, 4.69) is 0 Å². The monoisotopic (exact) mass is 357 g/mol. The molecule has 4 heavy (non-hydrogen) atoms. The van der Waals surface area contributed by atoms with Crippen molar-refractivity contribution in [3.63, 3.8) is 0 Å². The summed E-state index contributed by atoms with van der Waals surface area (Å²) in [6.07, 6.45) is 0. The molecular weight excluding hydrogens is 356 g/mol. The molecule has 0 aliphatic rings. The Morgan fingerprint density at radius 1 is 1.00 bits per heavy atom. The molecule has 0 aromatic heterocycles. The van der Waals surface area contributed by atoms with Gasteiger partial charge in [0.15, 0.2) is 0 Å². The minimum atomic E-state index is 0. The largest absolute Gasteiger partial charge is 3.00 e. The molecule has 0 aliphatic heterocycles. The summed E-state index contributed by atoms with van der Waals surface area (Å²) < 4.78 is 0. The Labute approximate surface area is 101 Å². The second kappa shape index (κ2) is 16.3. The van der Waals surface area contributed by atoms with Gasteiger partial charge in [0.2, 0.25) is 0 Å². The van der Waals surface area contributed by atoms with Gasteiger partial charge in [0.1, 0.15) is 0 Å². The van der Waals surface area contributed by atoms with Crippen LogP contribution in [0.15, 0.2) is 0 Å². The van der Waals surface area contributed by atoms with Crippen molar-refractivity contribution in [2.24, 2.45) is 0 Å². The molecule has 0 unspecified atom stereocenters. The van der Waals surface area contributed by atoms with Crippen LogP contribution < -0.4 is 0 Å². The standard InChI is InChI=1S/O.Pb.Sc.Sr/q-2;+2;+3;+2. The quantitative estimate of drug-likeness (QED) is 0.505. The maximum absolute atomic E-state index is 0. The third kappa shape index (κ3) is 8.97. The third-order valence-electron chi connectivity index (χ3n) is 0. The Hall–Kier alpha value is 3.23. The molecule has 0 aromatic rings. The molecule has 0 bridgehead atoms. The van der Waals surface area contributed by atoms with Gasteiger partial charge in [-0.05, 0) is 0 Å². The van der Waals surface area contributed by atoms with Crippen LogP contribution in [0.1, 0.15) is 0 Å². The molecule has 10 valence electrons. The van der Waals surface area contributed by atoms with E-state index < -0.39 is 0 Å². The van der Waals surface area contributed by atoms with Gasteiger partial charge in [0, 0.05) is 0 Å². The molecule has 0 N–H and O–H groups in total. The average molecular weight is 356 g/mol. The fraction of sp³-hybridized carbons (Fsp3) is 0. The van der Waals surface area contributed by atoms with Crippen molar-refractivity contribution in [1.29, 1.82) is 0 Å². The molecule has 0 saturated heterocycles. The van der Waals surface area contributed by atoms with Crippen LogP contribution in [-0.4, -0.2) is 72.8 Å². The first-order valence-corrected chi connectivity index (χ1v) is 0. The molecule has 4 heteroatoms. The molecule has 0 heterocycles. The van der Waals surface area contributed by atoms with E-state index in [0.29, 0.717) is 0 Å². The second-order valence-corrected chi connectivity index (χ2v) is 0. The SMILES string of the molecule is [O-2].[Pb+2].[Sc+3].[Sr+2]. The Bertz CT molecular complexity index is 8.00. The van der Waals surface area contributed by atoms with E-state index in [9.17, 15) is 0 Å². The van der Waals surface area contributed by atoms with Crippen molar-refractivity contribution in [2.45, 2.75) is 0 Å². The van der Waals surface area contributed by atoms with E-state index in [4.69, 9.17) is 0 Å². The third-order valence-corrected chi connectivity index (χ3v) is 0. The van der Waals surface area contributed by atoms with Gasteiger partial charge in [0.25, 0.3) is 0 Å². The molecule has 2 radical (unpaired) electrons. The van der Waals surface area contributed by atoms with Crippen LogP contribution >= 0.6 is 0 Å². The van der Waals surface area contributed by atoms with Crippen LogP contribution in [0, 0.1) is 0 Å². The molecule has 0 fully saturated rings. The van der Waals surface area contributed by atoms with E-state index in [1.807, 2.05) is 0 Å². The van der Waals surface area contributed by atoms with Crippen molar-refractivity contribution < 1.29 is 31.3 Å². The van der Waals surface area contributed by atoms with Gasteiger partial charge in [0.05, 0.1) is 0 Å². The average Bonchev–Trinajstić information content (AvgIpc) is 0. The van der Waals surface area contributed by atoms with E-state index in [1.54, 1.807) is 0 Å². The minimum Gasteiger partial charge on any atom is -2.00 e. The van der Waals surface area contributed by atoms with Crippen LogP contribution in [0.3, 0.4) is 0 Å². The molecule has 0 rings (SSSR count). The summed E-state index contributed by atoms with van der Waals surface area (Å²) >= 11 is 0. The van der Waals surface area contributed by atoms with E-state index in [1.165, 1.54) is 0 Å². The van der Waals surface area contributed by atoms with Gasteiger partial charge in [-0.3, -0.25) is 0 Å². The summed E-state index contributed by atoms with van der Waals surface area (Å²) in [4.78, 5) is 0. The van der Waals surface area contributed by atoms with Crippen molar-refractivity contribution in [3.8, 4) is 0 Å². The Kier molecular flexibility index (Phi) is 110. The van der Waals surface area contributed by atoms with Gasteiger partial charge < -0.3 is 5.48 Å². The van der Waals surface area contributed by atoms with Crippen molar-refractivity contribution in [1.82, 2.24) is 0 Å². The Balaban J connectivity index is 0. The van der Waals surface area contributed by atoms with Crippen molar-refractivity contribution in [3.05, 3.63) is 0 Å². The van der Waals surface area contributed by atoms with E-state index >= 15 is 0 Å². The first kappa shape index (κ1) is 26.9. The van der Waals surface area contributed by atoms with Gasteiger partial charge in [-0.25, -0.2) is 0 Å². The maximum Gasteiger partial charge on any atom is 3.00 e. The van der Waals surface area contributed by atoms with Crippen LogP contribution in [0.5, 0.6) is 0 Å². The second-order valence-electron chi connectivity index (χ2n) is 0. The van der Waals surface area contributed by atoms with Gasteiger partial charge in [-0.15, -0.1) is 0 Å². The zero-order valence-electron chi connectivity index (χ0n) is 2.19. The summed E-state index contributed by atoms with van der Waals surface area (Å²) in [5.74, 6) is 0. The molecule has 0 aromatic carbocycles. The zero-order chi connectivity index (χ0) is 0. The minimum absolute atomic E-state index is 0. The van der Waals surface area contributed by atoms with Gasteiger partial charge in [-0.2, -0.15) is 0 Å². The van der Waals surface area contributed by atoms with Gasteiger partial charge in [-0.1, -0.05) is 0 Å². The van der Waals surface area contributed by atoms with Crippen molar-refractivity contribution >= 4 is 72.8 Å². The van der Waals surface area contributed by atoms with Crippen LogP contribution in [-0.2, 0) is 31.3 Å². The van der Waals surface area contributed by atoms with Gasteiger partial charge >= 0.3 is 98.6 Å². The molecule has 0 spiro atoms. The van der Waals surface area contributed by atoms with Crippen LogP contribution in [0.25, 0.3) is 0 Å². The zero-order valence-corrected chi connectivity index (χ0v) is 11.4. The molecular formula is OPbScSr+5. The summed E-state index contributed by atoms with van der Waals surface area (Å²) in [5, 5.41) is 0. The van der Waals surface area contributed by atoms with Crippen LogP contribution in [0.2, 0.25) is 0 Å². The van der Waals surface area contributed by atoms with E-state index in [-0.39, 0.29) is 104 Å². The fourth-order valence-corrected chi connectivity index (χ4v) is 0. The smallest absolute Gasteiger partial charge is 2.00 e. The number of hydrogen-bond acceptors (Lipinski definition) is 0. The predicted octanol–water partition coefficient (Wildman–Crippen LogP) is -0.883. The Morgan fingerprint density at radius 3 is 1.00 bits per heavy atom. The fourth-order valence-electron chi connectivity index (χ4n) is 0. The summed E-state index contributed by atoms with van der Waals surface area (Å²) in [6, 6.07) is 0. The normalized spacial score (nSPS) is 0. The topological polar surface area (TPSA) is 28.5 Å². The number of hydrogen-bond donors (Lipinski definition) is 0. The molecule has 1 nitrogen and oxygen atoms in total. The van der Waals surface area contributed by atoms with E-state index in [0.717, 1.165) is 0 Å². The molecule has 0 amide bonds. The molecule has 0 aliphatic carbocycles. The first-order chi connectivity index (χ1) is 0. The molecule has 0 saturated carbocycles. The summed E-state index contributed by atoms with van der Waals surface area (Å²) in [5.41, 5.74) is 0. The predicted molar refractivity (Wildman–Crippen MR) is 12.2 cm³/mol.